The molecule has 0 saturated carbocycles. The molecule has 2 heterocycles. The van der Waals surface area contributed by atoms with Gasteiger partial charge in [0.25, 0.3) is 5.91 Å². The number of carbonyl (C=O) groups is 1. The van der Waals surface area contributed by atoms with Gasteiger partial charge in [-0.1, -0.05) is 30.3 Å². The second kappa shape index (κ2) is 7.15. The molecule has 1 aromatic heterocycles. The summed E-state index contributed by atoms with van der Waals surface area (Å²) in [4.78, 5) is 17.3. The van der Waals surface area contributed by atoms with Crippen molar-refractivity contribution in [3.8, 4) is 11.4 Å². The van der Waals surface area contributed by atoms with Gasteiger partial charge in [-0.15, -0.1) is 0 Å². The smallest absolute Gasteiger partial charge is 0.282 e. The second-order valence-corrected chi connectivity index (χ2v) is 6.42. The van der Waals surface area contributed by atoms with Gasteiger partial charge in [-0.2, -0.15) is 5.10 Å². The van der Waals surface area contributed by atoms with E-state index in [1.165, 1.54) is 0 Å². The lowest BCUT2D eigenvalue weighted by atomic mass is 10.1. The first-order chi connectivity index (χ1) is 13.2. The van der Waals surface area contributed by atoms with E-state index in [4.69, 9.17) is 4.74 Å². The van der Waals surface area contributed by atoms with Gasteiger partial charge in [-0.25, -0.2) is 4.68 Å². The normalized spacial score (nSPS) is 13.4. The molecule has 0 N–H and O–H groups in total. The number of fused-ring (bicyclic) bond motifs is 1. The summed E-state index contributed by atoms with van der Waals surface area (Å²) in [5.74, 6) is 0.358. The third-order valence-electron chi connectivity index (χ3n) is 4.69. The van der Waals surface area contributed by atoms with E-state index in [1.54, 1.807) is 15.8 Å². The molecule has 0 bridgehead atoms. The molecule has 0 unspecified atom stereocenters. The predicted molar refractivity (Wildman–Crippen MR) is 106 cm³/mol. The molecule has 6 nitrogen and oxygen atoms in total. The zero-order valence-electron chi connectivity index (χ0n) is 15.5. The minimum atomic E-state index is -0.145. The lowest BCUT2D eigenvalue weighted by Gasteiger charge is -2.35. The van der Waals surface area contributed by atoms with E-state index in [2.05, 4.69) is 10.00 Å². The Balaban J connectivity index is 1.74. The molecule has 1 aliphatic heterocycles. The molecule has 2 aromatic carbocycles. The highest BCUT2D eigenvalue weighted by Gasteiger charge is 2.30. The van der Waals surface area contributed by atoms with Crippen LogP contribution in [0.1, 0.15) is 17.4 Å². The summed E-state index contributed by atoms with van der Waals surface area (Å²) in [6, 6.07) is 17.7. The second-order valence-electron chi connectivity index (χ2n) is 6.42. The van der Waals surface area contributed by atoms with Gasteiger partial charge in [0.05, 0.1) is 29.9 Å². The van der Waals surface area contributed by atoms with E-state index in [0.717, 1.165) is 23.6 Å². The predicted octanol–water partition coefficient (Wildman–Crippen LogP) is 3.37. The van der Waals surface area contributed by atoms with Gasteiger partial charge < -0.3 is 14.5 Å². The van der Waals surface area contributed by atoms with Crippen molar-refractivity contribution in [2.45, 2.75) is 6.92 Å². The van der Waals surface area contributed by atoms with Crippen molar-refractivity contribution in [2.24, 2.45) is 0 Å². The van der Waals surface area contributed by atoms with Crippen LogP contribution in [0.15, 0.2) is 60.8 Å². The maximum Gasteiger partial charge on any atom is 0.282 e. The van der Waals surface area contributed by atoms with Crippen LogP contribution in [0, 0.1) is 0 Å². The Kier molecular flexibility index (Phi) is 4.54. The minimum absolute atomic E-state index is 0.145. The fourth-order valence-corrected chi connectivity index (χ4v) is 3.33. The van der Waals surface area contributed by atoms with Crippen LogP contribution in [0.25, 0.3) is 5.69 Å². The summed E-state index contributed by atoms with van der Waals surface area (Å²) in [5.41, 5.74) is 3.15. The van der Waals surface area contributed by atoms with Crippen molar-refractivity contribution in [2.75, 3.05) is 36.5 Å². The zero-order chi connectivity index (χ0) is 18.8. The van der Waals surface area contributed by atoms with Gasteiger partial charge >= 0.3 is 0 Å². The Labute approximate surface area is 158 Å². The third kappa shape index (κ3) is 3.14. The summed E-state index contributed by atoms with van der Waals surface area (Å²) in [5, 5.41) is 4.55. The first kappa shape index (κ1) is 17.1. The van der Waals surface area contributed by atoms with Crippen LogP contribution in [0.2, 0.25) is 0 Å². The van der Waals surface area contributed by atoms with E-state index >= 15 is 0 Å². The minimum Gasteiger partial charge on any atom is -0.490 e. The van der Waals surface area contributed by atoms with Crippen molar-refractivity contribution in [3.63, 3.8) is 0 Å². The molecule has 1 aliphatic rings. The number of likely N-dealkylation sites (N-methyl/N-ethyl adjacent to an activating group) is 1. The van der Waals surface area contributed by atoms with Gasteiger partial charge in [-0.05, 0) is 31.2 Å². The highest BCUT2D eigenvalue weighted by Crippen LogP contribution is 2.33. The summed E-state index contributed by atoms with van der Waals surface area (Å²) < 4.78 is 7.41. The molecule has 0 radical (unpaired) electrons. The number of hydrogen-bond donors (Lipinski definition) is 0. The fraction of sp³-hybridized carbons (Fsp3) is 0.238. The molecule has 0 fully saturated rings. The van der Waals surface area contributed by atoms with Crippen molar-refractivity contribution in [1.82, 2.24) is 9.78 Å². The molecular formula is C21H22N4O2. The van der Waals surface area contributed by atoms with Gasteiger partial charge in [0.1, 0.15) is 0 Å². The number of nitrogens with zero attached hydrogens (tertiary/aromatic N) is 4. The maximum atomic E-state index is 13.4. The first-order valence-corrected chi connectivity index (χ1v) is 9.09. The largest absolute Gasteiger partial charge is 0.490 e. The number of carbonyl (C=O) groups excluding carboxylic acids is 1. The fourth-order valence-electron chi connectivity index (χ4n) is 3.33. The maximum absolute atomic E-state index is 13.4. The molecule has 0 atom stereocenters. The highest BCUT2D eigenvalue weighted by atomic mass is 16.5. The zero-order valence-corrected chi connectivity index (χ0v) is 15.5. The number of benzene rings is 2. The standard InChI is InChI=1S/C21H22N4O2/c1-3-27-19-15-25(16-9-5-4-6-10-16)22-20(19)21(26)24-14-13-23(2)17-11-7-8-12-18(17)24/h4-12,15H,3,13-14H2,1-2H3. The molecule has 0 saturated heterocycles. The van der Waals surface area contributed by atoms with Crippen LogP contribution in [0.5, 0.6) is 5.75 Å². The SMILES string of the molecule is CCOc1cn(-c2ccccc2)nc1C(=O)N1CCN(C)c2ccccc21. The number of hydrogen-bond acceptors (Lipinski definition) is 4. The summed E-state index contributed by atoms with van der Waals surface area (Å²) in [6.45, 7) is 3.75. The van der Waals surface area contributed by atoms with Crippen molar-refractivity contribution in [1.29, 1.82) is 0 Å². The molecule has 0 aliphatic carbocycles. The number of amides is 1. The van der Waals surface area contributed by atoms with Crippen molar-refractivity contribution >= 4 is 17.3 Å². The molecule has 27 heavy (non-hydrogen) atoms. The number of aromatic nitrogens is 2. The number of ether oxygens (including phenoxy) is 1. The average Bonchev–Trinajstić information content (AvgIpc) is 3.13. The Hall–Kier alpha value is -3.28. The number of para-hydroxylation sites is 3. The number of rotatable bonds is 4. The lowest BCUT2D eigenvalue weighted by Crippen LogP contribution is -2.43. The van der Waals surface area contributed by atoms with Crippen LogP contribution in [0.3, 0.4) is 0 Å². The lowest BCUT2D eigenvalue weighted by molar-refractivity contribution is 0.0978. The van der Waals surface area contributed by atoms with E-state index in [9.17, 15) is 4.79 Å². The average molecular weight is 362 g/mol. The van der Waals surface area contributed by atoms with Gasteiger partial charge in [-0.3, -0.25) is 4.79 Å². The Morgan fingerprint density at radius 1 is 1.04 bits per heavy atom. The van der Waals surface area contributed by atoms with E-state index < -0.39 is 0 Å². The quantitative estimate of drug-likeness (QED) is 0.714. The summed E-state index contributed by atoms with van der Waals surface area (Å²) >= 11 is 0. The first-order valence-electron chi connectivity index (χ1n) is 9.09. The highest BCUT2D eigenvalue weighted by molar-refractivity contribution is 6.08. The monoisotopic (exact) mass is 362 g/mol. The Morgan fingerprint density at radius 2 is 1.74 bits per heavy atom. The Bertz CT molecular complexity index is 952. The van der Waals surface area contributed by atoms with E-state index in [-0.39, 0.29) is 5.91 Å². The molecular weight excluding hydrogens is 340 g/mol. The van der Waals surface area contributed by atoms with E-state index in [1.807, 2.05) is 68.6 Å². The van der Waals surface area contributed by atoms with Crippen LogP contribution in [-0.2, 0) is 0 Å². The summed E-state index contributed by atoms with van der Waals surface area (Å²) in [7, 11) is 2.04. The number of anilines is 2. The summed E-state index contributed by atoms with van der Waals surface area (Å²) in [6.07, 6.45) is 1.77. The topological polar surface area (TPSA) is 50.6 Å². The van der Waals surface area contributed by atoms with Crippen LogP contribution in [0.4, 0.5) is 11.4 Å². The molecule has 3 aromatic rings. The van der Waals surface area contributed by atoms with Crippen LogP contribution >= 0.6 is 0 Å². The third-order valence-corrected chi connectivity index (χ3v) is 4.69. The van der Waals surface area contributed by atoms with Crippen molar-refractivity contribution in [3.05, 3.63) is 66.5 Å². The van der Waals surface area contributed by atoms with Crippen molar-refractivity contribution < 1.29 is 9.53 Å². The van der Waals surface area contributed by atoms with E-state index in [0.29, 0.717) is 24.6 Å². The molecule has 138 valence electrons. The Morgan fingerprint density at radius 3 is 2.48 bits per heavy atom. The molecule has 4 rings (SSSR count). The van der Waals surface area contributed by atoms with Crippen LogP contribution in [-0.4, -0.2) is 42.4 Å². The molecule has 0 spiro atoms. The molecule has 1 amide bonds. The molecule has 6 heteroatoms. The van der Waals surface area contributed by atoms with Crippen LogP contribution < -0.4 is 14.5 Å². The van der Waals surface area contributed by atoms with Gasteiger partial charge in [0, 0.05) is 20.1 Å². The van der Waals surface area contributed by atoms with Gasteiger partial charge in [0.15, 0.2) is 11.4 Å². The van der Waals surface area contributed by atoms with Gasteiger partial charge in [0.2, 0.25) is 0 Å².